The van der Waals surface area contributed by atoms with Gasteiger partial charge in [-0.2, -0.15) is 4.98 Å². The summed E-state index contributed by atoms with van der Waals surface area (Å²) in [5, 5.41) is 3.97. The van der Waals surface area contributed by atoms with Gasteiger partial charge in [-0.25, -0.2) is 0 Å². The van der Waals surface area contributed by atoms with Gasteiger partial charge in [-0.05, 0) is 31.5 Å². The third-order valence-electron chi connectivity index (χ3n) is 2.71. The lowest BCUT2D eigenvalue weighted by molar-refractivity contribution is 0.0518. The van der Waals surface area contributed by atoms with Crippen molar-refractivity contribution in [3.05, 3.63) is 28.5 Å². The molecular weight excluding hydrogens is 310 g/mol. The zero-order chi connectivity index (χ0) is 13.8. The van der Waals surface area contributed by atoms with Crippen molar-refractivity contribution in [2.45, 2.75) is 26.4 Å². The van der Waals surface area contributed by atoms with E-state index in [1.807, 2.05) is 26.0 Å². The standard InChI is InChI=1S/C13H16BrN3O2/c1-3-11(18-4-2)12-16-13(19-17-12)9-6-5-8(14)7-10(9)15/h5-7,11H,3-4,15H2,1-2H3. The Kier molecular flexibility index (Phi) is 4.55. The van der Waals surface area contributed by atoms with Crippen LogP contribution in [0.15, 0.2) is 27.2 Å². The van der Waals surface area contributed by atoms with Crippen LogP contribution in [0.2, 0.25) is 0 Å². The number of hydrogen-bond acceptors (Lipinski definition) is 5. The molecule has 2 N–H and O–H groups in total. The summed E-state index contributed by atoms with van der Waals surface area (Å²) in [6.07, 6.45) is 0.655. The minimum atomic E-state index is -0.140. The van der Waals surface area contributed by atoms with Gasteiger partial charge in [0, 0.05) is 16.8 Å². The molecule has 0 radical (unpaired) electrons. The monoisotopic (exact) mass is 325 g/mol. The van der Waals surface area contributed by atoms with E-state index in [-0.39, 0.29) is 6.10 Å². The van der Waals surface area contributed by atoms with Crippen LogP contribution in [0, 0.1) is 0 Å². The Labute approximate surface area is 120 Å². The highest BCUT2D eigenvalue weighted by Crippen LogP contribution is 2.29. The zero-order valence-electron chi connectivity index (χ0n) is 10.9. The maximum absolute atomic E-state index is 5.94. The van der Waals surface area contributed by atoms with Gasteiger partial charge in [0.25, 0.3) is 5.89 Å². The molecule has 1 unspecified atom stereocenters. The van der Waals surface area contributed by atoms with Gasteiger partial charge < -0.3 is 15.0 Å². The number of ether oxygens (including phenoxy) is 1. The van der Waals surface area contributed by atoms with Crippen LogP contribution in [0.1, 0.15) is 32.2 Å². The number of halogens is 1. The molecule has 2 aromatic rings. The Morgan fingerprint density at radius 3 is 2.84 bits per heavy atom. The average molecular weight is 326 g/mol. The van der Waals surface area contributed by atoms with Crippen molar-refractivity contribution in [1.82, 2.24) is 10.1 Å². The van der Waals surface area contributed by atoms with Crippen LogP contribution in [-0.2, 0) is 4.74 Å². The average Bonchev–Trinajstić information content (AvgIpc) is 2.85. The summed E-state index contributed by atoms with van der Waals surface area (Å²) < 4.78 is 11.7. The third-order valence-corrected chi connectivity index (χ3v) is 3.21. The SMILES string of the molecule is CCOC(CC)c1noc(-c2ccc(Br)cc2N)n1. The summed E-state index contributed by atoms with van der Waals surface area (Å²) in [6, 6.07) is 5.53. The zero-order valence-corrected chi connectivity index (χ0v) is 12.5. The molecule has 0 aliphatic rings. The van der Waals surface area contributed by atoms with Crippen molar-refractivity contribution in [3.63, 3.8) is 0 Å². The maximum Gasteiger partial charge on any atom is 0.260 e. The molecule has 0 aliphatic heterocycles. The van der Waals surface area contributed by atoms with E-state index in [1.165, 1.54) is 0 Å². The number of benzene rings is 1. The summed E-state index contributed by atoms with van der Waals surface area (Å²) >= 11 is 3.36. The summed E-state index contributed by atoms with van der Waals surface area (Å²) in [5.74, 6) is 0.972. The lowest BCUT2D eigenvalue weighted by Crippen LogP contribution is -2.04. The number of nitrogens with zero attached hydrogens (tertiary/aromatic N) is 2. The van der Waals surface area contributed by atoms with Crippen LogP contribution in [-0.4, -0.2) is 16.7 Å². The van der Waals surface area contributed by atoms with Crippen molar-refractivity contribution < 1.29 is 9.26 Å². The fourth-order valence-electron chi connectivity index (χ4n) is 1.78. The second-order valence-electron chi connectivity index (χ2n) is 4.04. The second kappa shape index (κ2) is 6.16. The normalized spacial score (nSPS) is 12.6. The van der Waals surface area contributed by atoms with Gasteiger partial charge in [-0.1, -0.05) is 28.0 Å². The number of rotatable bonds is 5. The predicted molar refractivity (Wildman–Crippen MR) is 76.5 cm³/mol. The Morgan fingerprint density at radius 2 is 2.21 bits per heavy atom. The highest BCUT2D eigenvalue weighted by atomic mass is 79.9. The molecule has 0 saturated heterocycles. The van der Waals surface area contributed by atoms with Crippen LogP contribution in [0.25, 0.3) is 11.5 Å². The van der Waals surface area contributed by atoms with Gasteiger partial charge in [-0.3, -0.25) is 0 Å². The molecule has 1 aromatic heterocycles. The van der Waals surface area contributed by atoms with Crippen molar-refractivity contribution in [2.24, 2.45) is 0 Å². The van der Waals surface area contributed by atoms with Crippen molar-refractivity contribution in [2.75, 3.05) is 12.3 Å². The Balaban J connectivity index is 2.29. The van der Waals surface area contributed by atoms with Crippen LogP contribution in [0.4, 0.5) is 5.69 Å². The van der Waals surface area contributed by atoms with Gasteiger partial charge in [0.15, 0.2) is 0 Å². The lowest BCUT2D eigenvalue weighted by atomic mass is 10.2. The fourth-order valence-corrected chi connectivity index (χ4v) is 2.16. The maximum atomic E-state index is 5.94. The predicted octanol–water partition coefficient (Wildman–Crippen LogP) is 3.57. The first-order chi connectivity index (χ1) is 9.15. The van der Waals surface area contributed by atoms with E-state index in [2.05, 4.69) is 26.1 Å². The Bertz CT molecular complexity index is 557. The summed E-state index contributed by atoms with van der Waals surface area (Å²) in [7, 11) is 0. The minimum Gasteiger partial charge on any atom is -0.398 e. The molecule has 0 amide bonds. The molecule has 2 rings (SSSR count). The minimum absolute atomic E-state index is 0.140. The highest BCUT2D eigenvalue weighted by molar-refractivity contribution is 9.10. The van der Waals surface area contributed by atoms with E-state index in [0.29, 0.717) is 24.0 Å². The molecule has 1 heterocycles. The van der Waals surface area contributed by atoms with Crippen LogP contribution < -0.4 is 5.73 Å². The van der Waals surface area contributed by atoms with Gasteiger partial charge >= 0.3 is 0 Å². The second-order valence-corrected chi connectivity index (χ2v) is 4.96. The van der Waals surface area contributed by atoms with Crippen molar-refractivity contribution in [3.8, 4) is 11.5 Å². The van der Waals surface area contributed by atoms with Crippen LogP contribution in [0.3, 0.4) is 0 Å². The first kappa shape index (κ1) is 14.0. The van der Waals surface area contributed by atoms with E-state index in [9.17, 15) is 0 Å². The fraction of sp³-hybridized carbons (Fsp3) is 0.385. The molecule has 0 fully saturated rings. The molecule has 0 saturated carbocycles. The first-order valence-corrected chi connectivity index (χ1v) is 6.95. The largest absolute Gasteiger partial charge is 0.398 e. The van der Waals surface area contributed by atoms with E-state index < -0.39 is 0 Å². The Morgan fingerprint density at radius 1 is 1.42 bits per heavy atom. The molecule has 102 valence electrons. The van der Waals surface area contributed by atoms with E-state index in [0.717, 1.165) is 16.5 Å². The number of anilines is 1. The summed E-state index contributed by atoms with van der Waals surface area (Å²) in [6.45, 7) is 4.57. The van der Waals surface area contributed by atoms with Crippen LogP contribution in [0.5, 0.6) is 0 Å². The molecule has 0 bridgehead atoms. The van der Waals surface area contributed by atoms with Gasteiger partial charge in [-0.15, -0.1) is 0 Å². The molecule has 1 aromatic carbocycles. The molecule has 19 heavy (non-hydrogen) atoms. The highest BCUT2D eigenvalue weighted by Gasteiger charge is 2.18. The molecule has 0 spiro atoms. The molecule has 6 heteroatoms. The molecule has 0 aliphatic carbocycles. The van der Waals surface area contributed by atoms with E-state index in [4.69, 9.17) is 15.0 Å². The van der Waals surface area contributed by atoms with E-state index in [1.54, 1.807) is 6.07 Å². The van der Waals surface area contributed by atoms with Gasteiger partial charge in [0.1, 0.15) is 6.10 Å². The van der Waals surface area contributed by atoms with Crippen molar-refractivity contribution >= 4 is 21.6 Å². The smallest absolute Gasteiger partial charge is 0.260 e. The van der Waals surface area contributed by atoms with Crippen LogP contribution >= 0.6 is 15.9 Å². The summed E-state index contributed by atoms with van der Waals surface area (Å²) in [5.41, 5.74) is 7.26. The van der Waals surface area contributed by atoms with Crippen molar-refractivity contribution in [1.29, 1.82) is 0 Å². The number of nitrogen functional groups attached to an aromatic ring is 1. The molecular formula is C13H16BrN3O2. The van der Waals surface area contributed by atoms with E-state index >= 15 is 0 Å². The topological polar surface area (TPSA) is 74.2 Å². The summed E-state index contributed by atoms with van der Waals surface area (Å²) in [4.78, 5) is 4.36. The first-order valence-electron chi connectivity index (χ1n) is 6.16. The Hall–Kier alpha value is -1.40. The van der Waals surface area contributed by atoms with Gasteiger partial charge in [0.05, 0.1) is 5.56 Å². The lowest BCUT2D eigenvalue weighted by Gasteiger charge is -2.09. The molecule has 1 atom stereocenters. The number of nitrogens with two attached hydrogens (primary N) is 1. The third kappa shape index (κ3) is 3.13. The quantitative estimate of drug-likeness (QED) is 0.850. The van der Waals surface area contributed by atoms with Gasteiger partial charge in [0.2, 0.25) is 5.82 Å². The molecule has 5 nitrogen and oxygen atoms in total. The number of hydrogen-bond donors (Lipinski definition) is 1. The number of aromatic nitrogens is 2.